The number of rotatable bonds is 5. The van der Waals surface area contributed by atoms with Gasteiger partial charge >= 0.3 is 0 Å². The van der Waals surface area contributed by atoms with Crippen molar-refractivity contribution in [1.82, 2.24) is 0 Å². The molecule has 0 saturated carbocycles. The van der Waals surface area contributed by atoms with Gasteiger partial charge in [0.2, 0.25) is 0 Å². The molecule has 0 aromatic heterocycles. The SMILES string of the molecule is Cc1c(O)cc(C(C)(C)CC(C)(C)C)c(C(C)(C)CC(C)(C)C)c1-c1ccccc1. The molecule has 1 nitrogen and oxygen atoms in total. The third-order valence-electron chi connectivity index (χ3n) is 5.97. The monoisotopic (exact) mass is 408 g/mol. The second kappa shape index (κ2) is 8.06. The molecule has 2 aromatic carbocycles. The average molecular weight is 409 g/mol. The molecule has 30 heavy (non-hydrogen) atoms. The molecule has 166 valence electrons. The van der Waals surface area contributed by atoms with Crippen LogP contribution in [0.4, 0.5) is 0 Å². The summed E-state index contributed by atoms with van der Waals surface area (Å²) in [7, 11) is 0. The fraction of sp³-hybridized carbons (Fsp3) is 0.586. The highest BCUT2D eigenvalue weighted by molar-refractivity contribution is 5.77. The number of aromatic hydroxyl groups is 1. The molecule has 0 bridgehead atoms. The summed E-state index contributed by atoms with van der Waals surface area (Å²) in [5.74, 6) is 0.404. The lowest BCUT2D eigenvalue weighted by molar-refractivity contribution is 0.264. The number of hydrogen-bond donors (Lipinski definition) is 1. The van der Waals surface area contributed by atoms with Crippen LogP contribution in [0.25, 0.3) is 11.1 Å². The van der Waals surface area contributed by atoms with E-state index >= 15 is 0 Å². The molecule has 0 radical (unpaired) electrons. The quantitative estimate of drug-likeness (QED) is 0.524. The van der Waals surface area contributed by atoms with E-state index in [1.807, 2.05) is 0 Å². The van der Waals surface area contributed by atoms with Gasteiger partial charge in [0.05, 0.1) is 0 Å². The third-order valence-corrected chi connectivity index (χ3v) is 5.97. The van der Waals surface area contributed by atoms with Gasteiger partial charge in [0.1, 0.15) is 5.75 Å². The van der Waals surface area contributed by atoms with Crippen LogP contribution in [0.15, 0.2) is 36.4 Å². The lowest BCUT2D eigenvalue weighted by Gasteiger charge is -2.42. The molecule has 0 fully saturated rings. The standard InChI is InChI=1S/C29H44O/c1-20-23(30)17-22(28(8,9)18-26(2,3)4)25(29(10,11)19-27(5,6)7)24(20)21-15-13-12-14-16-21/h12-17,30H,18-19H2,1-11H3. The van der Waals surface area contributed by atoms with Crippen LogP contribution in [0.2, 0.25) is 0 Å². The molecular weight excluding hydrogens is 364 g/mol. The first-order valence-electron chi connectivity index (χ1n) is 11.4. The summed E-state index contributed by atoms with van der Waals surface area (Å²) < 4.78 is 0. The highest BCUT2D eigenvalue weighted by Gasteiger charge is 2.38. The molecule has 0 saturated heterocycles. The Bertz CT molecular complexity index is 871. The zero-order valence-corrected chi connectivity index (χ0v) is 21.3. The van der Waals surface area contributed by atoms with Crippen LogP contribution in [0, 0.1) is 17.8 Å². The van der Waals surface area contributed by atoms with Crippen molar-refractivity contribution in [3.05, 3.63) is 53.1 Å². The normalized spacial score (nSPS) is 13.6. The Morgan fingerprint density at radius 3 is 1.63 bits per heavy atom. The molecule has 1 heteroatoms. The number of phenols is 1. The summed E-state index contributed by atoms with van der Waals surface area (Å²) in [6.45, 7) is 25.4. The lowest BCUT2D eigenvalue weighted by atomic mass is 9.62. The fourth-order valence-corrected chi connectivity index (χ4v) is 5.81. The predicted octanol–water partition coefficient (Wildman–Crippen LogP) is 8.80. The summed E-state index contributed by atoms with van der Waals surface area (Å²) in [5.41, 5.74) is 6.37. The highest BCUT2D eigenvalue weighted by atomic mass is 16.3. The van der Waals surface area contributed by atoms with Crippen molar-refractivity contribution in [3.8, 4) is 16.9 Å². The van der Waals surface area contributed by atoms with Gasteiger partial charge in [0, 0.05) is 0 Å². The minimum absolute atomic E-state index is 0.0353. The van der Waals surface area contributed by atoms with Crippen molar-refractivity contribution >= 4 is 0 Å². The van der Waals surface area contributed by atoms with Crippen LogP contribution in [-0.4, -0.2) is 5.11 Å². The number of phenolic OH excluding ortho intramolecular Hbond substituents is 1. The lowest BCUT2D eigenvalue weighted by Crippen LogP contribution is -2.33. The molecule has 0 aliphatic rings. The Labute approximate surface area is 185 Å². The highest BCUT2D eigenvalue weighted by Crippen LogP contribution is 2.50. The van der Waals surface area contributed by atoms with E-state index in [1.54, 1.807) is 0 Å². The molecule has 0 aliphatic carbocycles. The van der Waals surface area contributed by atoms with Gasteiger partial charge in [-0.15, -0.1) is 0 Å². The van der Waals surface area contributed by atoms with E-state index < -0.39 is 0 Å². The van der Waals surface area contributed by atoms with E-state index in [4.69, 9.17) is 0 Å². The van der Waals surface area contributed by atoms with E-state index in [0.717, 1.165) is 18.4 Å². The van der Waals surface area contributed by atoms with Crippen LogP contribution in [-0.2, 0) is 10.8 Å². The zero-order chi connectivity index (χ0) is 23.1. The smallest absolute Gasteiger partial charge is 0.119 e. The first-order valence-corrected chi connectivity index (χ1v) is 11.4. The predicted molar refractivity (Wildman–Crippen MR) is 132 cm³/mol. The maximum atomic E-state index is 11.0. The first kappa shape index (κ1) is 24.5. The summed E-state index contributed by atoms with van der Waals surface area (Å²) in [6.07, 6.45) is 2.12. The van der Waals surface area contributed by atoms with Gasteiger partial charge < -0.3 is 5.11 Å². The van der Waals surface area contributed by atoms with E-state index in [0.29, 0.717) is 5.75 Å². The van der Waals surface area contributed by atoms with Crippen LogP contribution in [0.5, 0.6) is 5.75 Å². The van der Waals surface area contributed by atoms with Crippen molar-refractivity contribution in [3.63, 3.8) is 0 Å². The molecule has 0 amide bonds. The fourth-order valence-electron chi connectivity index (χ4n) is 5.81. The largest absolute Gasteiger partial charge is 0.508 e. The Hall–Kier alpha value is -1.76. The molecule has 0 unspecified atom stereocenters. The molecule has 2 aromatic rings. The van der Waals surface area contributed by atoms with Crippen LogP contribution < -0.4 is 0 Å². The van der Waals surface area contributed by atoms with Crippen molar-refractivity contribution in [2.75, 3.05) is 0 Å². The molecule has 1 N–H and O–H groups in total. The maximum absolute atomic E-state index is 11.0. The number of hydrogen-bond acceptors (Lipinski definition) is 1. The summed E-state index contributed by atoms with van der Waals surface area (Å²) >= 11 is 0. The summed E-state index contributed by atoms with van der Waals surface area (Å²) in [6, 6.07) is 12.7. The first-order chi connectivity index (χ1) is 13.4. The van der Waals surface area contributed by atoms with Gasteiger partial charge in [0.15, 0.2) is 0 Å². The molecule has 2 rings (SSSR count). The van der Waals surface area contributed by atoms with E-state index in [2.05, 4.69) is 113 Å². The number of benzene rings is 2. The second-order valence-corrected chi connectivity index (χ2v) is 12.9. The molecule has 0 spiro atoms. The third kappa shape index (κ3) is 5.68. The topological polar surface area (TPSA) is 20.2 Å². The van der Waals surface area contributed by atoms with Crippen molar-refractivity contribution in [1.29, 1.82) is 0 Å². The second-order valence-electron chi connectivity index (χ2n) is 12.9. The Kier molecular flexibility index (Phi) is 6.58. The Morgan fingerprint density at radius 1 is 0.700 bits per heavy atom. The van der Waals surface area contributed by atoms with Gasteiger partial charge in [-0.05, 0) is 75.3 Å². The van der Waals surface area contributed by atoms with E-state index in [-0.39, 0.29) is 21.7 Å². The Morgan fingerprint density at radius 2 is 1.17 bits per heavy atom. The zero-order valence-electron chi connectivity index (χ0n) is 21.3. The van der Waals surface area contributed by atoms with Crippen LogP contribution >= 0.6 is 0 Å². The van der Waals surface area contributed by atoms with Crippen molar-refractivity contribution in [2.45, 2.75) is 99.8 Å². The maximum Gasteiger partial charge on any atom is 0.119 e. The van der Waals surface area contributed by atoms with E-state index in [9.17, 15) is 5.11 Å². The van der Waals surface area contributed by atoms with E-state index in [1.165, 1.54) is 22.3 Å². The van der Waals surface area contributed by atoms with Gasteiger partial charge in [-0.1, -0.05) is 99.6 Å². The molecule has 0 atom stereocenters. The molecule has 0 aliphatic heterocycles. The minimum atomic E-state index is -0.0581. The van der Waals surface area contributed by atoms with Crippen molar-refractivity contribution < 1.29 is 5.11 Å². The van der Waals surface area contributed by atoms with Gasteiger partial charge in [-0.2, -0.15) is 0 Å². The molecular formula is C29H44O. The van der Waals surface area contributed by atoms with Crippen molar-refractivity contribution in [2.24, 2.45) is 10.8 Å². The minimum Gasteiger partial charge on any atom is -0.508 e. The van der Waals surface area contributed by atoms with Crippen LogP contribution in [0.3, 0.4) is 0 Å². The summed E-state index contributed by atoms with van der Waals surface area (Å²) in [4.78, 5) is 0. The molecule has 0 heterocycles. The van der Waals surface area contributed by atoms with Gasteiger partial charge in [-0.3, -0.25) is 0 Å². The van der Waals surface area contributed by atoms with Crippen LogP contribution in [0.1, 0.15) is 98.8 Å². The average Bonchev–Trinajstić information content (AvgIpc) is 2.53. The van der Waals surface area contributed by atoms with Gasteiger partial charge in [0.25, 0.3) is 0 Å². The Balaban J connectivity index is 2.94. The summed E-state index contributed by atoms with van der Waals surface area (Å²) in [5, 5.41) is 11.0. The van der Waals surface area contributed by atoms with Gasteiger partial charge in [-0.25, -0.2) is 0 Å².